The van der Waals surface area contributed by atoms with Crippen molar-refractivity contribution in [2.75, 3.05) is 27.2 Å². The Kier molecular flexibility index (Phi) is 4.14. The maximum absolute atomic E-state index is 12.3. The molecule has 2 N–H and O–H groups in total. The molecule has 1 unspecified atom stereocenters. The van der Waals surface area contributed by atoms with E-state index in [1.54, 1.807) is 23.9 Å². The molecule has 1 fully saturated rings. The Morgan fingerprint density at radius 2 is 2.00 bits per heavy atom. The number of hydrogen-bond acceptors (Lipinski definition) is 3. The van der Waals surface area contributed by atoms with Gasteiger partial charge < -0.3 is 15.5 Å². The second-order valence-electron chi connectivity index (χ2n) is 5.48. The van der Waals surface area contributed by atoms with Gasteiger partial charge in [-0.1, -0.05) is 0 Å². The fourth-order valence-corrected chi connectivity index (χ4v) is 2.04. The molecule has 0 radical (unpaired) electrons. The first-order chi connectivity index (χ1) is 7.81. The highest BCUT2D eigenvalue weighted by molar-refractivity contribution is 5.90. The normalized spacial score (nSPS) is 20.5. The molecule has 0 aliphatic carbocycles. The number of nitrogens with two attached hydrogens (primary N) is 1. The Bertz CT molecular complexity index is 313. The van der Waals surface area contributed by atoms with Crippen molar-refractivity contribution >= 4 is 11.8 Å². The third kappa shape index (κ3) is 2.77. The van der Waals surface area contributed by atoms with Gasteiger partial charge in [0.05, 0.1) is 5.41 Å². The van der Waals surface area contributed by atoms with Crippen LogP contribution in [0, 0.1) is 5.41 Å². The third-order valence-corrected chi connectivity index (χ3v) is 3.33. The molecule has 98 valence electrons. The van der Waals surface area contributed by atoms with Crippen molar-refractivity contribution in [1.82, 2.24) is 9.80 Å². The molecule has 5 nitrogen and oxygen atoms in total. The number of nitrogens with zero attached hydrogens (tertiary/aromatic N) is 2. The van der Waals surface area contributed by atoms with Gasteiger partial charge in [0.1, 0.15) is 6.04 Å². The summed E-state index contributed by atoms with van der Waals surface area (Å²) in [5.74, 6) is -0.0126. The van der Waals surface area contributed by atoms with Crippen LogP contribution in [0.25, 0.3) is 0 Å². The Hall–Kier alpha value is -1.10. The first-order valence-corrected chi connectivity index (χ1v) is 6.03. The molecule has 0 saturated carbocycles. The molecule has 1 atom stereocenters. The maximum Gasteiger partial charge on any atom is 0.244 e. The highest BCUT2D eigenvalue weighted by Crippen LogP contribution is 2.25. The lowest BCUT2D eigenvalue weighted by Gasteiger charge is -2.32. The number of carbonyl (C=O) groups is 2. The minimum absolute atomic E-state index is 0.00340. The number of likely N-dealkylation sites (tertiary alicyclic amines) is 1. The Morgan fingerprint density at radius 1 is 1.41 bits per heavy atom. The van der Waals surface area contributed by atoms with Crippen molar-refractivity contribution < 1.29 is 9.59 Å². The molecule has 0 aromatic carbocycles. The van der Waals surface area contributed by atoms with Crippen LogP contribution in [0.2, 0.25) is 0 Å². The third-order valence-electron chi connectivity index (χ3n) is 3.33. The van der Waals surface area contributed by atoms with E-state index in [0.717, 1.165) is 12.8 Å². The lowest BCUT2D eigenvalue weighted by atomic mass is 9.91. The zero-order valence-corrected chi connectivity index (χ0v) is 11.2. The number of carbonyl (C=O) groups excluding carboxylic acids is 2. The lowest BCUT2D eigenvalue weighted by molar-refractivity contribution is -0.147. The molecule has 2 amide bonds. The zero-order valence-electron chi connectivity index (χ0n) is 11.2. The smallest absolute Gasteiger partial charge is 0.244 e. The summed E-state index contributed by atoms with van der Waals surface area (Å²) >= 11 is 0. The number of rotatable bonds is 3. The fraction of sp³-hybridized carbons (Fsp3) is 0.833. The van der Waals surface area contributed by atoms with Crippen LogP contribution in [0.3, 0.4) is 0 Å². The van der Waals surface area contributed by atoms with Crippen LogP contribution in [0.1, 0.15) is 26.7 Å². The van der Waals surface area contributed by atoms with Gasteiger partial charge in [-0.05, 0) is 26.7 Å². The highest BCUT2D eigenvalue weighted by atomic mass is 16.2. The molecule has 0 aromatic rings. The van der Waals surface area contributed by atoms with E-state index in [9.17, 15) is 9.59 Å². The summed E-state index contributed by atoms with van der Waals surface area (Å²) in [6.45, 7) is 4.60. The molecule has 1 heterocycles. The zero-order chi connectivity index (χ0) is 13.2. The largest absolute Gasteiger partial charge is 0.347 e. The predicted molar refractivity (Wildman–Crippen MR) is 66.3 cm³/mol. The van der Waals surface area contributed by atoms with Crippen molar-refractivity contribution in [3.8, 4) is 0 Å². The van der Waals surface area contributed by atoms with Gasteiger partial charge in [0.25, 0.3) is 0 Å². The minimum Gasteiger partial charge on any atom is -0.347 e. The van der Waals surface area contributed by atoms with E-state index in [1.807, 2.05) is 13.8 Å². The number of hydrogen-bond donors (Lipinski definition) is 1. The van der Waals surface area contributed by atoms with Crippen LogP contribution >= 0.6 is 0 Å². The van der Waals surface area contributed by atoms with Crippen molar-refractivity contribution in [3.63, 3.8) is 0 Å². The topological polar surface area (TPSA) is 66.6 Å². The van der Waals surface area contributed by atoms with Crippen molar-refractivity contribution in [3.05, 3.63) is 0 Å². The average Bonchev–Trinajstić information content (AvgIpc) is 2.75. The molecule has 1 aliphatic rings. The van der Waals surface area contributed by atoms with E-state index in [1.165, 1.54) is 0 Å². The molecule has 0 spiro atoms. The van der Waals surface area contributed by atoms with E-state index in [-0.39, 0.29) is 17.9 Å². The van der Waals surface area contributed by atoms with Crippen LogP contribution in [-0.4, -0.2) is 54.8 Å². The van der Waals surface area contributed by atoms with E-state index >= 15 is 0 Å². The number of amides is 2. The van der Waals surface area contributed by atoms with E-state index in [2.05, 4.69) is 0 Å². The maximum atomic E-state index is 12.3. The monoisotopic (exact) mass is 241 g/mol. The van der Waals surface area contributed by atoms with Crippen molar-refractivity contribution in [2.24, 2.45) is 11.1 Å². The van der Waals surface area contributed by atoms with E-state index in [4.69, 9.17) is 5.73 Å². The van der Waals surface area contributed by atoms with Gasteiger partial charge in [-0.25, -0.2) is 0 Å². The molecule has 1 aliphatic heterocycles. The quantitative estimate of drug-likeness (QED) is 0.759. The van der Waals surface area contributed by atoms with E-state index < -0.39 is 5.41 Å². The molecule has 0 bridgehead atoms. The van der Waals surface area contributed by atoms with Gasteiger partial charge in [-0.3, -0.25) is 9.59 Å². The summed E-state index contributed by atoms with van der Waals surface area (Å²) in [6, 6.07) is -0.302. The number of likely N-dealkylation sites (N-methyl/N-ethyl adjacent to an activating group) is 1. The second kappa shape index (κ2) is 5.04. The van der Waals surface area contributed by atoms with Gasteiger partial charge in [0, 0.05) is 27.2 Å². The van der Waals surface area contributed by atoms with Gasteiger partial charge >= 0.3 is 0 Å². The molecule has 1 saturated heterocycles. The van der Waals surface area contributed by atoms with Crippen molar-refractivity contribution in [2.45, 2.75) is 32.7 Å². The summed E-state index contributed by atoms with van der Waals surface area (Å²) in [6.07, 6.45) is 1.64. The summed E-state index contributed by atoms with van der Waals surface area (Å²) < 4.78 is 0. The summed E-state index contributed by atoms with van der Waals surface area (Å²) in [4.78, 5) is 27.5. The fourth-order valence-electron chi connectivity index (χ4n) is 2.04. The molecule has 0 aromatic heterocycles. The van der Waals surface area contributed by atoms with E-state index in [0.29, 0.717) is 13.1 Å². The van der Waals surface area contributed by atoms with Crippen LogP contribution < -0.4 is 5.73 Å². The first kappa shape index (κ1) is 14.0. The minimum atomic E-state index is -0.588. The average molecular weight is 241 g/mol. The van der Waals surface area contributed by atoms with Gasteiger partial charge in [0.15, 0.2) is 0 Å². The second-order valence-corrected chi connectivity index (χ2v) is 5.48. The SMILES string of the molecule is CN(C)C(=O)C1CCCN1C(=O)C(C)(C)CN. The molecule has 1 rings (SSSR count). The summed E-state index contributed by atoms with van der Waals surface area (Å²) in [7, 11) is 3.44. The Labute approximate surface area is 103 Å². The lowest BCUT2D eigenvalue weighted by Crippen LogP contribution is -2.51. The molecule has 17 heavy (non-hydrogen) atoms. The summed E-state index contributed by atoms with van der Waals surface area (Å²) in [5, 5.41) is 0. The summed E-state index contributed by atoms with van der Waals surface area (Å²) in [5.41, 5.74) is 5.03. The Morgan fingerprint density at radius 3 is 2.47 bits per heavy atom. The predicted octanol–water partition coefficient (Wildman–Crippen LogP) is 0.0505. The first-order valence-electron chi connectivity index (χ1n) is 6.03. The standard InChI is InChI=1S/C12H23N3O2/c1-12(2,8-13)11(17)15-7-5-6-9(15)10(16)14(3)4/h9H,5-8,13H2,1-4H3. The molecular formula is C12H23N3O2. The van der Waals surface area contributed by atoms with Crippen LogP contribution in [-0.2, 0) is 9.59 Å². The van der Waals surface area contributed by atoms with Gasteiger partial charge in [0.2, 0.25) is 11.8 Å². The van der Waals surface area contributed by atoms with Gasteiger partial charge in [-0.2, -0.15) is 0 Å². The van der Waals surface area contributed by atoms with Crippen LogP contribution in [0.5, 0.6) is 0 Å². The van der Waals surface area contributed by atoms with Crippen LogP contribution in [0.4, 0.5) is 0 Å². The van der Waals surface area contributed by atoms with Crippen LogP contribution in [0.15, 0.2) is 0 Å². The Balaban J connectivity index is 2.83. The van der Waals surface area contributed by atoms with Crippen molar-refractivity contribution in [1.29, 1.82) is 0 Å². The molecular weight excluding hydrogens is 218 g/mol. The van der Waals surface area contributed by atoms with Gasteiger partial charge in [-0.15, -0.1) is 0 Å². The highest BCUT2D eigenvalue weighted by Gasteiger charge is 2.40. The molecule has 5 heteroatoms.